The molecule has 0 unspecified atom stereocenters. The number of anilines is 6. The molecule has 0 N–H and O–H groups in total. The van der Waals surface area contributed by atoms with Crippen molar-refractivity contribution in [3.05, 3.63) is 324 Å². The highest BCUT2D eigenvalue weighted by Crippen LogP contribution is 2.67. The molecule has 0 radical (unpaired) electrons. The molecule has 2 nitrogen and oxygen atoms in total. The molecule has 0 aromatic heterocycles. The van der Waals surface area contributed by atoms with Crippen molar-refractivity contribution < 1.29 is 8.78 Å². The minimum atomic E-state index is -0.972. The SMILES string of the molecule is CC1(C)c2ccccc2-c2c(N(c3cccc(-c4ccccc4)c3)c3ccccc3F)cc3c(c21)-c1c(cc(N(c2cccc(-c4ccccc4)c2)c2ccccc2F)c2ccccc12)C3(c1ccccc1)c1ccccc1. The Morgan fingerprint density at radius 1 is 0.308 bits per heavy atom. The summed E-state index contributed by atoms with van der Waals surface area (Å²) in [5.74, 6) is -0.664. The number of fused-ring (bicyclic) bond motifs is 9. The normalized spacial score (nSPS) is 13.3. The van der Waals surface area contributed by atoms with Crippen molar-refractivity contribution in [2.75, 3.05) is 9.80 Å². The molecule has 0 bridgehead atoms. The minimum Gasteiger partial charge on any atom is -0.307 e. The summed E-state index contributed by atoms with van der Waals surface area (Å²) < 4.78 is 34.3. The Kier molecular flexibility index (Phi) is 11.2. The van der Waals surface area contributed by atoms with Crippen LogP contribution in [-0.2, 0) is 10.8 Å². The van der Waals surface area contributed by atoms with E-state index < -0.39 is 10.8 Å². The topological polar surface area (TPSA) is 6.48 Å². The summed E-state index contributed by atoms with van der Waals surface area (Å²) in [6.07, 6.45) is 0. The molecule has 0 fully saturated rings. The van der Waals surface area contributed by atoms with Crippen molar-refractivity contribution in [2.24, 2.45) is 0 Å². The molecule has 14 rings (SSSR count). The monoisotopic (exact) mass is 1010 g/mol. The van der Waals surface area contributed by atoms with Gasteiger partial charge in [0.1, 0.15) is 11.6 Å². The number of hydrogen-bond acceptors (Lipinski definition) is 2. The molecular formula is C74H52F2N2. The third-order valence-electron chi connectivity index (χ3n) is 16.4. The van der Waals surface area contributed by atoms with Crippen LogP contribution in [-0.4, -0.2) is 0 Å². The second-order valence-electron chi connectivity index (χ2n) is 21.0. The zero-order valence-corrected chi connectivity index (χ0v) is 43.2. The van der Waals surface area contributed by atoms with Crippen LogP contribution in [0.4, 0.5) is 42.9 Å². The summed E-state index contributed by atoms with van der Waals surface area (Å²) in [5, 5.41) is 2.02. The largest absolute Gasteiger partial charge is 0.307 e. The lowest BCUT2D eigenvalue weighted by molar-refractivity contribution is 0.628. The molecule has 4 heteroatoms. The van der Waals surface area contributed by atoms with Gasteiger partial charge in [-0.25, -0.2) is 8.78 Å². The lowest BCUT2D eigenvalue weighted by Gasteiger charge is -2.37. The third kappa shape index (κ3) is 7.20. The number of halogens is 2. The first-order valence-corrected chi connectivity index (χ1v) is 26.7. The summed E-state index contributed by atoms with van der Waals surface area (Å²) in [6.45, 7) is 4.71. The molecule has 0 saturated carbocycles. The molecule has 12 aromatic carbocycles. The van der Waals surface area contributed by atoms with Gasteiger partial charge in [-0.05, 0) is 138 Å². The summed E-state index contributed by atoms with van der Waals surface area (Å²) in [7, 11) is 0. The van der Waals surface area contributed by atoms with Gasteiger partial charge in [0.25, 0.3) is 0 Å². The van der Waals surface area contributed by atoms with Gasteiger partial charge >= 0.3 is 0 Å². The predicted octanol–water partition coefficient (Wildman–Crippen LogP) is 20.1. The maximum Gasteiger partial charge on any atom is 0.147 e. The second-order valence-corrected chi connectivity index (χ2v) is 21.0. The lowest BCUT2D eigenvalue weighted by atomic mass is 9.66. The number of nitrogens with zero attached hydrogens (tertiary/aromatic N) is 2. The van der Waals surface area contributed by atoms with Gasteiger partial charge in [-0.3, -0.25) is 0 Å². The summed E-state index contributed by atoms with van der Waals surface area (Å²) >= 11 is 0. The lowest BCUT2D eigenvalue weighted by Crippen LogP contribution is -2.29. The summed E-state index contributed by atoms with van der Waals surface area (Å²) in [4.78, 5) is 4.27. The summed E-state index contributed by atoms with van der Waals surface area (Å²) in [6, 6.07) is 95.8. The van der Waals surface area contributed by atoms with Gasteiger partial charge in [-0.2, -0.15) is 0 Å². The van der Waals surface area contributed by atoms with Crippen LogP contribution in [0.25, 0.3) is 55.3 Å². The van der Waals surface area contributed by atoms with Crippen molar-refractivity contribution in [3.8, 4) is 44.5 Å². The Bertz CT molecular complexity index is 4230. The van der Waals surface area contributed by atoms with E-state index in [1.807, 2.05) is 36.4 Å². The molecule has 372 valence electrons. The van der Waals surface area contributed by atoms with Crippen LogP contribution < -0.4 is 9.80 Å². The molecular weight excluding hydrogens is 955 g/mol. The van der Waals surface area contributed by atoms with Gasteiger partial charge in [0.15, 0.2) is 0 Å². The van der Waals surface area contributed by atoms with Crippen molar-refractivity contribution in [1.29, 1.82) is 0 Å². The highest BCUT2D eigenvalue weighted by atomic mass is 19.1. The zero-order valence-electron chi connectivity index (χ0n) is 43.2. The Labute approximate surface area is 454 Å². The minimum absolute atomic E-state index is 0.330. The maximum absolute atomic E-state index is 17.3. The molecule has 0 saturated heterocycles. The first-order valence-electron chi connectivity index (χ1n) is 26.7. The van der Waals surface area contributed by atoms with Crippen molar-refractivity contribution >= 4 is 44.9 Å². The molecule has 12 aromatic rings. The molecule has 2 aliphatic rings. The van der Waals surface area contributed by atoms with E-state index >= 15 is 8.78 Å². The highest BCUT2D eigenvalue weighted by Gasteiger charge is 2.53. The average molecular weight is 1010 g/mol. The van der Waals surface area contributed by atoms with E-state index in [-0.39, 0.29) is 11.6 Å². The molecule has 2 aliphatic carbocycles. The maximum atomic E-state index is 17.3. The van der Waals surface area contributed by atoms with Crippen molar-refractivity contribution in [1.82, 2.24) is 0 Å². The Hall–Kier alpha value is -9.64. The van der Waals surface area contributed by atoms with E-state index in [0.29, 0.717) is 11.4 Å². The average Bonchev–Trinajstić information content (AvgIpc) is 3.37. The number of benzene rings is 12. The first kappa shape index (κ1) is 46.9. The number of hydrogen-bond donors (Lipinski definition) is 0. The fourth-order valence-corrected chi connectivity index (χ4v) is 13.1. The van der Waals surface area contributed by atoms with Gasteiger partial charge < -0.3 is 9.80 Å². The number of rotatable bonds is 10. The van der Waals surface area contributed by atoms with Crippen LogP contribution in [0.15, 0.2) is 279 Å². The van der Waals surface area contributed by atoms with E-state index in [4.69, 9.17) is 0 Å². The highest BCUT2D eigenvalue weighted by molar-refractivity contribution is 6.14. The van der Waals surface area contributed by atoms with E-state index in [9.17, 15) is 0 Å². The van der Waals surface area contributed by atoms with Crippen LogP contribution in [0.5, 0.6) is 0 Å². The summed E-state index contributed by atoms with van der Waals surface area (Å²) in [5.41, 5.74) is 18.0. The first-order chi connectivity index (χ1) is 38.3. The van der Waals surface area contributed by atoms with Gasteiger partial charge in [0.2, 0.25) is 0 Å². The quantitative estimate of drug-likeness (QED) is 0.135. The Balaban J connectivity index is 1.16. The fraction of sp³-hybridized carbons (Fsp3) is 0.0541. The van der Waals surface area contributed by atoms with Gasteiger partial charge in [-0.1, -0.05) is 232 Å². The van der Waals surface area contributed by atoms with E-state index in [0.717, 1.165) is 100 Å². The predicted molar refractivity (Wildman–Crippen MR) is 319 cm³/mol. The third-order valence-corrected chi connectivity index (χ3v) is 16.4. The van der Waals surface area contributed by atoms with Crippen molar-refractivity contribution in [2.45, 2.75) is 24.7 Å². The number of para-hydroxylation sites is 2. The van der Waals surface area contributed by atoms with Crippen molar-refractivity contribution in [3.63, 3.8) is 0 Å². The Morgan fingerprint density at radius 3 is 1.28 bits per heavy atom. The van der Waals surface area contributed by atoms with Gasteiger partial charge in [-0.15, -0.1) is 0 Å². The molecule has 0 heterocycles. The Morgan fingerprint density at radius 2 is 0.731 bits per heavy atom. The smallest absolute Gasteiger partial charge is 0.147 e. The fourth-order valence-electron chi connectivity index (χ4n) is 13.1. The van der Waals surface area contributed by atoms with Crippen LogP contribution in [0.1, 0.15) is 47.2 Å². The zero-order chi connectivity index (χ0) is 52.5. The van der Waals surface area contributed by atoms with Crippen LogP contribution >= 0.6 is 0 Å². The van der Waals surface area contributed by atoms with Gasteiger partial charge in [0, 0.05) is 27.7 Å². The van der Waals surface area contributed by atoms with E-state index in [1.54, 1.807) is 24.3 Å². The van der Waals surface area contributed by atoms with Crippen LogP contribution in [0.3, 0.4) is 0 Å². The molecule has 0 atom stereocenters. The van der Waals surface area contributed by atoms with Crippen LogP contribution in [0.2, 0.25) is 0 Å². The molecule has 0 amide bonds. The standard InChI is InChI=1S/C74H52F2N2/c1-73(2)60-40-18-17-39-59(60)70-68(78(66-44-22-20-42-64(66)76)56-36-24-30-52(46-56)50-27-9-4-10-28-50)48-62-71(72(70)73)69-58-38-16-15-37-57(58)67(47-61(69)74(62,53-31-11-5-12-32-53)54-33-13-6-14-34-54)77(65-43-21-19-41-63(65)75)55-35-23-29-51(45-55)49-25-7-3-8-26-49/h3-48H,1-2H3. The molecule has 0 aliphatic heterocycles. The van der Waals surface area contributed by atoms with E-state index in [1.165, 1.54) is 11.1 Å². The second kappa shape index (κ2) is 18.6. The van der Waals surface area contributed by atoms with Crippen LogP contribution in [0, 0.1) is 11.6 Å². The van der Waals surface area contributed by atoms with Gasteiger partial charge in [0.05, 0.1) is 28.2 Å². The molecule has 78 heavy (non-hydrogen) atoms. The van der Waals surface area contributed by atoms with E-state index in [2.05, 4.69) is 242 Å². The molecule has 0 spiro atoms.